The van der Waals surface area contributed by atoms with Gasteiger partial charge in [-0.3, -0.25) is 9.59 Å². The molecular weight excluding hydrogens is 380 g/mol. The molecule has 0 radical (unpaired) electrons. The zero-order valence-electron chi connectivity index (χ0n) is 12.3. The minimum Gasteiger partial charge on any atom is -0.324 e. The van der Waals surface area contributed by atoms with E-state index in [0.29, 0.717) is 10.7 Å². The van der Waals surface area contributed by atoms with Crippen LogP contribution >= 0.6 is 27.5 Å². The number of rotatable bonds is 1. The van der Waals surface area contributed by atoms with Gasteiger partial charge >= 0.3 is 0 Å². The second kappa shape index (κ2) is 6.34. The van der Waals surface area contributed by atoms with Crippen molar-refractivity contribution < 1.29 is 9.59 Å². The third-order valence-corrected chi connectivity index (χ3v) is 4.65. The van der Waals surface area contributed by atoms with Gasteiger partial charge in [-0.1, -0.05) is 45.7 Å². The summed E-state index contributed by atoms with van der Waals surface area (Å²) in [4.78, 5) is 25.9. The lowest BCUT2D eigenvalue weighted by molar-refractivity contribution is -0.134. The van der Waals surface area contributed by atoms with E-state index in [4.69, 9.17) is 11.6 Å². The molecule has 3 rings (SSSR count). The predicted molar refractivity (Wildman–Crippen MR) is 93.5 cm³/mol. The molecule has 2 aromatic carbocycles. The van der Waals surface area contributed by atoms with Crippen LogP contribution in [0, 0.1) is 0 Å². The maximum Gasteiger partial charge on any atom is 0.244 e. The average Bonchev–Trinajstić information content (AvgIpc) is 2.64. The van der Waals surface area contributed by atoms with Crippen molar-refractivity contribution >= 4 is 45.0 Å². The van der Waals surface area contributed by atoms with Crippen molar-refractivity contribution in [1.82, 2.24) is 4.90 Å². The van der Waals surface area contributed by atoms with Crippen molar-refractivity contribution in [1.29, 1.82) is 0 Å². The number of carbonyl (C=O) groups excluding carboxylic acids is 2. The number of anilines is 1. The zero-order chi connectivity index (χ0) is 16.6. The van der Waals surface area contributed by atoms with Crippen molar-refractivity contribution in [3.8, 4) is 0 Å². The fourth-order valence-electron chi connectivity index (χ4n) is 2.80. The summed E-state index contributed by atoms with van der Waals surface area (Å²) in [6.07, 6.45) is 0. The van der Waals surface area contributed by atoms with E-state index < -0.39 is 6.04 Å². The lowest BCUT2D eigenvalue weighted by Gasteiger charge is -2.30. The number of benzene rings is 2. The molecule has 1 aliphatic heterocycles. The molecule has 0 aliphatic carbocycles. The van der Waals surface area contributed by atoms with Crippen LogP contribution in [0.5, 0.6) is 0 Å². The highest BCUT2D eigenvalue weighted by Crippen LogP contribution is 2.39. The maximum absolute atomic E-state index is 12.2. The third-order valence-electron chi connectivity index (χ3n) is 3.81. The number of hydrogen-bond acceptors (Lipinski definition) is 2. The number of amides is 2. The molecule has 1 heterocycles. The molecule has 1 aliphatic rings. The normalized spacial score (nSPS) is 17.3. The second-order valence-electron chi connectivity index (χ2n) is 5.35. The minimum absolute atomic E-state index is 0.0163. The van der Waals surface area contributed by atoms with Crippen molar-refractivity contribution in [2.75, 3.05) is 11.9 Å². The van der Waals surface area contributed by atoms with Gasteiger partial charge in [0.05, 0.1) is 6.04 Å². The Kier molecular flexibility index (Phi) is 4.41. The molecule has 2 amide bonds. The molecule has 4 nitrogen and oxygen atoms in total. The van der Waals surface area contributed by atoms with Gasteiger partial charge in [0.15, 0.2) is 0 Å². The topological polar surface area (TPSA) is 49.4 Å². The molecule has 0 unspecified atom stereocenters. The fourth-order valence-corrected chi connectivity index (χ4v) is 3.42. The molecule has 23 heavy (non-hydrogen) atoms. The van der Waals surface area contributed by atoms with Gasteiger partial charge in [-0.2, -0.15) is 0 Å². The van der Waals surface area contributed by atoms with Gasteiger partial charge in [-0.25, -0.2) is 0 Å². The van der Waals surface area contributed by atoms with Crippen LogP contribution < -0.4 is 5.32 Å². The summed E-state index contributed by atoms with van der Waals surface area (Å²) >= 11 is 9.83. The molecule has 0 saturated heterocycles. The van der Waals surface area contributed by atoms with Gasteiger partial charge in [0.1, 0.15) is 6.54 Å². The Morgan fingerprint density at radius 2 is 2.00 bits per heavy atom. The number of fused-ring (bicyclic) bond motifs is 1. The van der Waals surface area contributed by atoms with Gasteiger partial charge in [0, 0.05) is 27.7 Å². The number of nitrogens with one attached hydrogen (secondary N) is 1. The summed E-state index contributed by atoms with van der Waals surface area (Å²) in [6.45, 7) is 1.44. The Morgan fingerprint density at radius 1 is 1.26 bits per heavy atom. The number of halogens is 2. The summed E-state index contributed by atoms with van der Waals surface area (Å²) < 4.78 is 0.868. The Labute approximate surface area is 147 Å². The lowest BCUT2D eigenvalue weighted by Crippen LogP contribution is -2.37. The number of nitrogens with zero attached hydrogens (tertiary/aromatic N) is 1. The standard InChI is InChI=1S/C17H14BrClN2O2/c1-10(22)21-9-16(23)20-15-7-6-11(18)8-13(15)17(21)12-4-2-3-5-14(12)19/h2-8,17H,9H2,1H3,(H,20,23)/t17-/m0/s1. The van der Waals surface area contributed by atoms with Crippen LogP contribution in [0.2, 0.25) is 5.02 Å². The number of hydrogen-bond donors (Lipinski definition) is 1. The van der Waals surface area contributed by atoms with Crippen LogP contribution in [0.4, 0.5) is 5.69 Å². The Morgan fingerprint density at radius 3 is 2.70 bits per heavy atom. The smallest absolute Gasteiger partial charge is 0.244 e. The summed E-state index contributed by atoms with van der Waals surface area (Å²) in [6, 6.07) is 12.5. The van der Waals surface area contributed by atoms with E-state index in [-0.39, 0.29) is 18.4 Å². The van der Waals surface area contributed by atoms with Gasteiger partial charge in [0.2, 0.25) is 11.8 Å². The lowest BCUT2D eigenvalue weighted by atomic mass is 9.96. The van der Waals surface area contributed by atoms with E-state index in [2.05, 4.69) is 21.2 Å². The highest BCUT2D eigenvalue weighted by Gasteiger charge is 2.33. The molecule has 118 valence electrons. The monoisotopic (exact) mass is 392 g/mol. The van der Waals surface area contributed by atoms with Crippen LogP contribution in [-0.4, -0.2) is 23.3 Å². The molecule has 0 fully saturated rings. The quantitative estimate of drug-likeness (QED) is 0.796. The highest BCUT2D eigenvalue weighted by molar-refractivity contribution is 9.10. The fraction of sp³-hybridized carbons (Fsp3) is 0.176. The molecule has 1 atom stereocenters. The molecule has 6 heteroatoms. The van der Waals surface area contributed by atoms with Crippen LogP contribution in [0.3, 0.4) is 0 Å². The van der Waals surface area contributed by atoms with E-state index in [1.165, 1.54) is 11.8 Å². The van der Waals surface area contributed by atoms with Crippen LogP contribution in [0.25, 0.3) is 0 Å². The molecular formula is C17H14BrClN2O2. The Balaban J connectivity index is 2.26. The van der Waals surface area contributed by atoms with Crippen molar-refractivity contribution in [3.63, 3.8) is 0 Å². The van der Waals surface area contributed by atoms with Crippen LogP contribution in [-0.2, 0) is 9.59 Å². The van der Waals surface area contributed by atoms with Gasteiger partial charge < -0.3 is 10.2 Å². The Hall–Kier alpha value is -1.85. The van der Waals surface area contributed by atoms with Gasteiger partial charge in [-0.15, -0.1) is 0 Å². The van der Waals surface area contributed by atoms with Crippen LogP contribution in [0.1, 0.15) is 24.1 Å². The first-order chi connectivity index (χ1) is 11.0. The van der Waals surface area contributed by atoms with Gasteiger partial charge in [-0.05, 0) is 29.8 Å². The molecule has 1 N–H and O–H groups in total. The highest BCUT2D eigenvalue weighted by atomic mass is 79.9. The third kappa shape index (κ3) is 3.12. The first-order valence-electron chi connectivity index (χ1n) is 7.08. The summed E-state index contributed by atoms with van der Waals surface area (Å²) in [7, 11) is 0. The molecule has 0 bridgehead atoms. The van der Waals surface area contributed by atoms with Crippen molar-refractivity contribution in [2.45, 2.75) is 13.0 Å². The summed E-state index contributed by atoms with van der Waals surface area (Å²) in [5, 5.41) is 3.42. The summed E-state index contributed by atoms with van der Waals surface area (Å²) in [5.74, 6) is -0.406. The molecule has 0 saturated carbocycles. The SMILES string of the molecule is CC(=O)N1CC(=O)Nc2ccc(Br)cc2[C@@H]1c1ccccc1Cl. The van der Waals surface area contributed by atoms with E-state index in [1.54, 1.807) is 6.07 Å². The largest absolute Gasteiger partial charge is 0.324 e. The first-order valence-corrected chi connectivity index (χ1v) is 8.25. The molecule has 2 aromatic rings. The van der Waals surface area contributed by atoms with Crippen molar-refractivity contribution in [2.24, 2.45) is 0 Å². The molecule has 0 spiro atoms. The van der Waals surface area contributed by atoms with E-state index in [1.807, 2.05) is 36.4 Å². The van der Waals surface area contributed by atoms with Crippen molar-refractivity contribution in [3.05, 3.63) is 63.1 Å². The summed E-state index contributed by atoms with van der Waals surface area (Å²) in [5.41, 5.74) is 2.31. The zero-order valence-corrected chi connectivity index (χ0v) is 14.7. The Bertz CT molecular complexity index is 794. The average molecular weight is 394 g/mol. The second-order valence-corrected chi connectivity index (χ2v) is 6.67. The van der Waals surface area contributed by atoms with E-state index in [9.17, 15) is 9.59 Å². The van der Waals surface area contributed by atoms with Gasteiger partial charge in [0.25, 0.3) is 0 Å². The molecule has 0 aromatic heterocycles. The maximum atomic E-state index is 12.2. The van der Waals surface area contributed by atoms with Crippen LogP contribution in [0.15, 0.2) is 46.9 Å². The number of carbonyl (C=O) groups is 2. The minimum atomic E-state index is -0.423. The van der Waals surface area contributed by atoms with E-state index >= 15 is 0 Å². The first kappa shape index (κ1) is 16.0. The van der Waals surface area contributed by atoms with E-state index in [0.717, 1.165) is 15.6 Å². The predicted octanol–water partition coefficient (Wildman–Crippen LogP) is 3.99.